The van der Waals surface area contributed by atoms with Crippen LogP contribution in [0.4, 0.5) is 0 Å². The van der Waals surface area contributed by atoms with Crippen LogP contribution in [-0.2, 0) is 11.3 Å². The summed E-state index contributed by atoms with van der Waals surface area (Å²) in [5, 5.41) is 6.62. The Labute approximate surface area is 158 Å². The number of benzene rings is 1. The van der Waals surface area contributed by atoms with Crippen LogP contribution in [0.15, 0.2) is 60.9 Å². The van der Waals surface area contributed by atoms with E-state index in [1.165, 1.54) is 0 Å². The van der Waals surface area contributed by atoms with Crippen LogP contribution in [0, 0.1) is 5.92 Å². The summed E-state index contributed by atoms with van der Waals surface area (Å²) < 4.78 is 0. The van der Waals surface area contributed by atoms with Crippen LogP contribution >= 0.6 is 0 Å². The van der Waals surface area contributed by atoms with Crippen molar-refractivity contribution in [3.8, 4) is 0 Å². The molecule has 2 amide bonds. The summed E-state index contributed by atoms with van der Waals surface area (Å²) >= 11 is 0. The van der Waals surface area contributed by atoms with Crippen LogP contribution in [0.2, 0.25) is 0 Å². The van der Waals surface area contributed by atoms with Crippen molar-refractivity contribution in [3.05, 3.63) is 72.2 Å². The molecule has 6 heteroatoms. The molecule has 0 radical (unpaired) electrons. The van der Waals surface area contributed by atoms with Gasteiger partial charge in [0.05, 0.1) is 5.52 Å². The predicted molar refractivity (Wildman–Crippen MR) is 104 cm³/mol. The van der Waals surface area contributed by atoms with Crippen molar-refractivity contribution in [3.63, 3.8) is 0 Å². The smallest absolute Gasteiger partial charge is 0.270 e. The fraction of sp³-hybridized carbons (Fsp3) is 0.238. The maximum atomic E-state index is 12.6. The third-order valence-corrected chi connectivity index (χ3v) is 4.26. The number of aromatic nitrogens is 2. The number of para-hydroxylation sites is 1. The van der Waals surface area contributed by atoms with Crippen LogP contribution in [-0.4, -0.2) is 27.8 Å². The minimum Gasteiger partial charge on any atom is -0.350 e. The number of rotatable bonds is 6. The molecule has 2 aromatic heterocycles. The molecule has 0 unspecified atom stereocenters. The van der Waals surface area contributed by atoms with E-state index in [2.05, 4.69) is 20.6 Å². The van der Waals surface area contributed by atoms with Gasteiger partial charge in [0.1, 0.15) is 11.7 Å². The van der Waals surface area contributed by atoms with E-state index in [-0.39, 0.29) is 17.7 Å². The van der Waals surface area contributed by atoms with Crippen molar-refractivity contribution in [1.29, 1.82) is 0 Å². The molecule has 2 N–H and O–H groups in total. The molecule has 2 heterocycles. The van der Waals surface area contributed by atoms with E-state index < -0.39 is 6.04 Å². The minimum absolute atomic E-state index is 0.0664. The summed E-state index contributed by atoms with van der Waals surface area (Å²) in [6.45, 7) is 4.14. The Morgan fingerprint density at radius 3 is 2.59 bits per heavy atom. The normalized spacial score (nSPS) is 12.0. The second-order valence-corrected chi connectivity index (χ2v) is 6.66. The highest BCUT2D eigenvalue weighted by molar-refractivity contribution is 5.97. The minimum atomic E-state index is -0.651. The molecule has 0 saturated heterocycles. The number of nitrogens with zero attached hydrogens (tertiary/aromatic N) is 2. The average Bonchev–Trinajstić information content (AvgIpc) is 2.70. The number of fused-ring (bicyclic) bond motifs is 1. The van der Waals surface area contributed by atoms with Gasteiger partial charge >= 0.3 is 0 Å². The molecular formula is C21H22N4O2. The maximum Gasteiger partial charge on any atom is 0.270 e. The van der Waals surface area contributed by atoms with Gasteiger partial charge in [-0.15, -0.1) is 0 Å². The van der Waals surface area contributed by atoms with Crippen molar-refractivity contribution in [1.82, 2.24) is 20.6 Å². The first-order valence-electron chi connectivity index (χ1n) is 8.88. The highest BCUT2D eigenvalue weighted by Gasteiger charge is 2.25. The van der Waals surface area contributed by atoms with Gasteiger partial charge < -0.3 is 10.6 Å². The third kappa shape index (κ3) is 4.67. The van der Waals surface area contributed by atoms with Crippen molar-refractivity contribution in [2.75, 3.05) is 0 Å². The van der Waals surface area contributed by atoms with Crippen molar-refractivity contribution < 1.29 is 9.59 Å². The van der Waals surface area contributed by atoms with E-state index in [1.807, 2.05) is 56.3 Å². The number of amides is 2. The largest absolute Gasteiger partial charge is 0.350 e. The average molecular weight is 362 g/mol. The molecule has 0 saturated carbocycles. The molecular weight excluding hydrogens is 340 g/mol. The summed E-state index contributed by atoms with van der Waals surface area (Å²) in [7, 11) is 0. The molecule has 0 bridgehead atoms. The van der Waals surface area contributed by atoms with E-state index in [0.717, 1.165) is 16.5 Å². The number of hydrogen-bond donors (Lipinski definition) is 2. The molecule has 0 fully saturated rings. The van der Waals surface area contributed by atoms with Gasteiger partial charge in [-0.3, -0.25) is 14.6 Å². The Hall–Kier alpha value is -3.28. The molecule has 0 spiro atoms. The Morgan fingerprint density at radius 2 is 1.85 bits per heavy atom. The number of hydrogen-bond acceptors (Lipinski definition) is 4. The number of pyridine rings is 2. The highest BCUT2D eigenvalue weighted by Crippen LogP contribution is 2.12. The summed E-state index contributed by atoms with van der Waals surface area (Å²) in [6.07, 6.45) is 3.38. The zero-order chi connectivity index (χ0) is 19.2. The van der Waals surface area contributed by atoms with Gasteiger partial charge in [0.2, 0.25) is 5.91 Å². The Bertz CT molecular complexity index is 941. The molecule has 3 aromatic rings. The van der Waals surface area contributed by atoms with E-state index in [0.29, 0.717) is 12.2 Å². The van der Waals surface area contributed by atoms with Gasteiger partial charge in [-0.05, 0) is 29.7 Å². The molecule has 6 nitrogen and oxygen atoms in total. The van der Waals surface area contributed by atoms with E-state index in [4.69, 9.17) is 0 Å². The first kappa shape index (κ1) is 18.5. The lowest BCUT2D eigenvalue weighted by Crippen LogP contribution is -2.49. The van der Waals surface area contributed by atoms with Gasteiger partial charge in [0, 0.05) is 24.3 Å². The summed E-state index contributed by atoms with van der Waals surface area (Å²) in [5.41, 5.74) is 1.93. The summed E-state index contributed by atoms with van der Waals surface area (Å²) in [6, 6.07) is 14.2. The first-order valence-corrected chi connectivity index (χ1v) is 8.88. The van der Waals surface area contributed by atoms with E-state index in [1.54, 1.807) is 18.5 Å². The molecule has 1 atom stereocenters. The lowest BCUT2D eigenvalue weighted by molar-refractivity contribution is -0.124. The molecule has 0 aliphatic carbocycles. The number of nitrogens with one attached hydrogen (secondary N) is 2. The van der Waals surface area contributed by atoms with Gasteiger partial charge in [-0.1, -0.05) is 44.2 Å². The van der Waals surface area contributed by atoms with Gasteiger partial charge in [-0.25, -0.2) is 4.98 Å². The van der Waals surface area contributed by atoms with Crippen LogP contribution in [0.3, 0.4) is 0 Å². The van der Waals surface area contributed by atoms with E-state index in [9.17, 15) is 9.59 Å². The fourth-order valence-electron chi connectivity index (χ4n) is 2.74. The van der Waals surface area contributed by atoms with Crippen LogP contribution in [0.5, 0.6) is 0 Å². The van der Waals surface area contributed by atoms with Gasteiger partial charge in [0.25, 0.3) is 5.91 Å². The molecule has 3 rings (SSSR count). The quantitative estimate of drug-likeness (QED) is 0.706. The fourth-order valence-corrected chi connectivity index (χ4v) is 2.74. The molecule has 27 heavy (non-hydrogen) atoms. The standard InChI is InChI=1S/C21H22N4O2/c1-14(2)19(21(27)23-13-15-6-5-11-22-12-15)25-20(26)18-10-9-16-7-3-4-8-17(16)24-18/h3-12,14,19H,13H2,1-2H3,(H,23,27)(H,25,26)/t19-/m1/s1. The second-order valence-electron chi connectivity index (χ2n) is 6.66. The number of carbonyl (C=O) groups is 2. The molecule has 0 aliphatic rings. The maximum absolute atomic E-state index is 12.6. The molecule has 1 aromatic carbocycles. The second kappa shape index (κ2) is 8.40. The zero-order valence-electron chi connectivity index (χ0n) is 15.3. The van der Waals surface area contributed by atoms with Crippen LogP contribution in [0.25, 0.3) is 10.9 Å². The summed E-state index contributed by atoms with van der Waals surface area (Å²) in [4.78, 5) is 33.6. The van der Waals surface area contributed by atoms with Crippen LogP contribution in [0.1, 0.15) is 29.9 Å². The Morgan fingerprint density at radius 1 is 1.04 bits per heavy atom. The Balaban J connectivity index is 1.68. The zero-order valence-corrected chi connectivity index (χ0v) is 15.3. The monoisotopic (exact) mass is 362 g/mol. The van der Waals surface area contributed by atoms with Gasteiger partial charge in [0.15, 0.2) is 0 Å². The molecule has 0 aliphatic heterocycles. The van der Waals surface area contributed by atoms with Gasteiger partial charge in [-0.2, -0.15) is 0 Å². The SMILES string of the molecule is CC(C)[C@@H](NC(=O)c1ccc2ccccc2n1)C(=O)NCc1cccnc1. The Kier molecular flexibility index (Phi) is 5.76. The van der Waals surface area contributed by atoms with Crippen molar-refractivity contribution in [2.45, 2.75) is 26.4 Å². The first-order chi connectivity index (χ1) is 13.0. The van der Waals surface area contributed by atoms with Crippen molar-refractivity contribution >= 4 is 22.7 Å². The topological polar surface area (TPSA) is 84.0 Å². The van der Waals surface area contributed by atoms with Crippen molar-refractivity contribution in [2.24, 2.45) is 5.92 Å². The molecule has 138 valence electrons. The van der Waals surface area contributed by atoms with E-state index >= 15 is 0 Å². The highest BCUT2D eigenvalue weighted by atomic mass is 16.2. The lowest BCUT2D eigenvalue weighted by atomic mass is 10.0. The summed E-state index contributed by atoms with van der Waals surface area (Å²) in [5.74, 6) is -0.665. The third-order valence-electron chi connectivity index (χ3n) is 4.26. The van der Waals surface area contributed by atoms with Crippen LogP contribution < -0.4 is 10.6 Å². The predicted octanol–water partition coefficient (Wildman–Crippen LogP) is 2.70. The lowest BCUT2D eigenvalue weighted by Gasteiger charge is -2.21. The number of carbonyl (C=O) groups excluding carboxylic acids is 2.